The first-order chi connectivity index (χ1) is 5.42. The van der Waals surface area contributed by atoms with E-state index in [0.717, 1.165) is 5.52 Å². The van der Waals surface area contributed by atoms with Crippen molar-refractivity contribution in [2.24, 2.45) is 0 Å². The fraction of sp³-hybridized carbons (Fsp3) is 0. The number of nitrogens with zero attached hydrogens (tertiary/aromatic N) is 3. The van der Waals surface area contributed by atoms with Crippen LogP contribution in [-0.4, -0.2) is 15.0 Å². The number of hydrogen-bond acceptors (Lipinski definition) is 3. The highest BCUT2D eigenvalue weighted by atomic mass is 14.9. The van der Waals surface area contributed by atoms with E-state index in [1.165, 1.54) is 0 Å². The minimum absolute atomic E-state index is 0.365. The third-order valence-corrected chi connectivity index (χ3v) is 1.44. The maximum absolute atomic E-state index is 8.59. The lowest BCUT2D eigenvalue weighted by Gasteiger charge is -1.87. The first kappa shape index (κ1) is 5.86. The van der Waals surface area contributed by atoms with Crippen LogP contribution in [0, 0.1) is 11.3 Å². The summed E-state index contributed by atoms with van der Waals surface area (Å²) >= 11 is 0. The van der Waals surface area contributed by atoms with Gasteiger partial charge in [-0.2, -0.15) is 5.26 Å². The summed E-state index contributed by atoms with van der Waals surface area (Å²) in [6, 6.07) is 3.74. The Hall–Kier alpha value is -1.89. The van der Waals surface area contributed by atoms with E-state index in [2.05, 4.69) is 15.0 Å². The molecule has 0 aromatic carbocycles. The topological polar surface area (TPSA) is 65.4 Å². The van der Waals surface area contributed by atoms with Crippen LogP contribution in [0.5, 0.6) is 0 Å². The monoisotopic (exact) mass is 144 g/mol. The molecule has 0 radical (unpaired) electrons. The molecule has 0 bridgehead atoms. The van der Waals surface area contributed by atoms with Crippen LogP contribution in [0.2, 0.25) is 0 Å². The molecule has 0 saturated carbocycles. The predicted octanol–water partition coefficient (Wildman–Crippen LogP) is 0.830. The molecule has 0 amide bonds. The number of aromatic nitrogens is 3. The third-order valence-electron chi connectivity index (χ3n) is 1.44. The molecule has 2 aromatic heterocycles. The number of imidazole rings is 1. The first-order valence-electron chi connectivity index (χ1n) is 3.10. The molecular formula is C7H4N4. The van der Waals surface area contributed by atoms with Crippen LogP contribution in [0.1, 0.15) is 5.69 Å². The summed E-state index contributed by atoms with van der Waals surface area (Å²) in [6.45, 7) is 0. The van der Waals surface area contributed by atoms with Crippen molar-refractivity contribution in [2.45, 2.75) is 0 Å². The fourth-order valence-electron chi connectivity index (χ4n) is 0.949. The molecule has 2 rings (SSSR count). The van der Waals surface area contributed by atoms with Gasteiger partial charge in [-0.1, -0.05) is 0 Å². The van der Waals surface area contributed by atoms with Gasteiger partial charge in [-0.15, -0.1) is 0 Å². The predicted molar refractivity (Wildman–Crippen MR) is 38.6 cm³/mol. The minimum atomic E-state index is 0.365. The van der Waals surface area contributed by atoms with E-state index in [0.29, 0.717) is 11.2 Å². The molecule has 2 heterocycles. The van der Waals surface area contributed by atoms with Crippen molar-refractivity contribution in [1.82, 2.24) is 15.0 Å². The lowest BCUT2D eigenvalue weighted by atomic mass is 10.3. The molecule has 0 unspecified atom stereocenters. The summed E-state index contributed by atoms with van der Waals surface area (Å²) in [7, 11) is 0. The molecule has 0 fully saturated rings. The smallest absolute Gasteiger partial charge is 0.168 e. The normalized spacial score (nSPS) is 9.73. The number of pyridine rings is 1. The van der Waals surface area contributed by atoms with Crippen LogP contribution in [-0.2, 0) is 0 Å². The molecule has 0 saturated heterocycles. The number of fused-ring (bicyclic) bond motifs is 1. The van der Waals surface area contributed by atoms with Crippen molar-refractivity contribution in [2.75, 3.05) is 0 Å². The van der Waals surface area contributed by atoms with Gasteiger partial charge in [0.2, 0.25) is 0 Å². The van der Waals surface area contributed by atoms with E-state index in [-0.39, 0.29) is 0 Å². The molecule has 0 aliphatic heterocycles. The van der Waals surface area contributed by atoms with Gasteiger partial charge in [-0.05, 0) is 6.07 Å². The van der Waals surface area contributed by atoms with E-state index >= 15 is 0 Å². The van der Waals surface area contributed by atoms with Gasteiger partial charge >= 0.3 is 0 Å². The average molecular weight is 144 g/mol. The fourth-order valence-corrected chi connectivity index (χ4v) is 0.949. The van der Waals surface area contributed by atoms with E-state index in [9.17, 15) is 0 Å². The maximum Gasteiger partial charge on any atom is 0.168 e. The van der Waals surface area contributed by atoms with Gasteiger partial charge < -0.3 is 4.98 Å². The van der Waals surface area contributed by atoms with Crippen LogP contribution in [0.25, 0.3) is 11.0 Å². The second kappa shape index (κ2) is 2.06. The zero-order valence-electron chi connectivity index (χ0n) is 5.57. The lowest BCUT2D eigenvalue weighted by molar-refractivity contribution is 1.28. The van der Waals surface area contributed by atoms with E-state index in [4.69, 9.17) is 5.26 Å². The Morgan fingerprint density at radius 1 is 1.45 bits per heavy atom. The quantitative estimate of drug-likeness (QED) is 0.595. The van der Waals surface area contributed by atoms with Crippen LogP contribution in [0.4, 0.5) is 0 Å². The van der Waals surface area contributed by atoms with Gasteiger partial charge in [-0.3, -0.25) is 0 Å². The molecule has 1 N–H and O–H groups in total. The Labute approximate surface area is 62.5 Å². The van der Waals surface area contributed by atoms with E-state index < -0.39 is 0 Å². The Morgan fingerprint density at radius 3 is 3.18 bits per heavy atom. The Morgan fingerprint density at radius 2 is 2.36 bits per heavy atom. The van der Waals surface area contributed by atoms with E-state index in [1.807, 2.05) is 6.07 Å². The van der Waals surface area contributed by atoms with Crippen molar-refractivity contribution >= 4 is 11.0 Å². The Balaban J connectivity index is 2.92. The number of rotatable bonds is 0. The molecule has 2 aromatic rings. The molecule has 0 aliphatic carbocycles. The van der Waals surface area contributed by atoms with Gasteiger partial charge in [0.1, 0.15) is 11.6 Å². The van der Waals surface area contributed by atoms with Gasteiger partial charge in [0.15, 0.2) is 5.69 Å². The van der Waals surface area contributed by atoms with Crippen molar-refractivity contribution in [3.63, 3.8) is 0 Å². The van der Waals surface area contributed by atoms with Gasteiger partial charge in [0.25, 0.3) is 0 Å². The first-order valence-corrected chi connectivity index (χ1v) is 3.10. The zero-order chi connectivity index (χ0) is 7.68. The highest BCUT2D eigenvalue weighted by molar-refractivity contribution is 5.78. The number of hydrogen-bond donors (Lipinski definition) is 1. The maximum atomic E-state index is 8.59. The van der Waals surface area contributed by atoms with Gasteiger partial charge in [-0.25, -0.2) is 9.97 Å². The standard InChI is InChI=1S/C7H4N4/c8-3-6-7-5(1-2-9-6)10-4-11-7/h1-2,4H,(H,10,11). The molecule has 11 heavy (non-hydrogen) atoms. The zero-order valence-corrected chi connectivity index (χ0v) is 5.57. The molecular weight excluding hydrogens is 140 g/mol. The summed E-state index contributed by atoms with van der Waals surface area (Å²) in [5.41, 5.74) is 1.84. The molecule has 0 aliphatic rings. The molecule has 52 valence electrons. The van der Waals surface area contributed by atoms with Gasteiger partial charge in [0, 0.05) is 6.20 Å². The van der Waals surface area contributed by atoms with Crippen molar-refractivity contribution < 1.29 is 0 Å². The van der Waals surface area contributed by atoms with Crippen molar-refractivity contribution in [3.05, 3.63) is 24.3 Å². The summed E-state index contributed by atoms with van der Waals surface area (Å²) < 4.78 is 0. The van der Waals surface area contributed by atoms with Crippen LogP contribution < -0.4 is 0 Å². The number of H-pyrrole nitrogens is 1. The summed E-state index contributed by atoms with van der Waals surface area (Å²) in [5.74, 6) is 0. The van der Waals surface area contributed by atoms with Crippen molar-refractivity contribution in [3.8, 4) is 6.07 Å². The SMILES string of the molecule is N#Cc1nccc2[nH]cnc12. The largest absolute Gasteiger partial charge is 0.344 e. The third kappa shape index (κ3) is 0.749. The second-order valence-corrected chi connectivity index (χ2v) is 2.07. The van der Waals surface area contributed by atoms with Crippen LogP contribution in [0.3, 0.4) is 0 Å². The average Bonchev–Trinajstić information content (AvgIpc) is 2.50. The molecule has 0 spiro atoms. The van der Waals surface area contributed by atoms with Crippen molar-refractivity contribution in [1.29, 1.82) is 5.26 Å². The number of nitriles is 1. The molecule has 4 nitrogen and oxygen atoms in total. The van der Waals surface area contributed by atoms with Gasteiger partial charge in [0.05, 0.1) is 11.8 Å². The summed E-state index contributed by atoms with van der Waals surface area (Å²) in [4.78, 5) is 10.7. The number of nitrogens with one attached hydrogen (secondary N) is 1. The summed E-state index contributed by atoms with van der Waals surface area (Å²) in [5, 5.41) is 8.59. The number of aromatic amines is 1. The van der Waals surface area contributed by atoms with Crippen LogP contribution in [0.15, 0.2) is 18.6 Å². The Kier molecular flexibility index (Phi) is 1.10. The minimum Gasteiger partial charge on any atom is -0.344 e. The Bertz CT molecular complexity index is 423. The molecule has 0 atom stereocenters. The molecule has 4 heteroatoms. The summed E-state index contributed by atoms with van der Waals surface area (Å²) in [6.07, 6.45) is 3.13. The highest BCUT2D eigenvalue weighted by Crippen LogP contribution is 2.09. The van der Waals surface area contributed by atoms with E-state index in [1.54, 1.807) is 18.6 Å². The highest BCUT2D eigenvalue weighted by Gasteiger charge is 2.01. The lowest BCUT2D eigenvalue weighted by Crippen LogP contribution is -1.82. The van der Waals surface area contributed by atoms with Crippen LogP contribution >= 0.6 is 0 Å². The second-order valence-electron chi connectivity index (χ2n) is 2.07.